The molecule has 0 amide bonds. The van der Waals surface area contributed by atoms with Crippen molar-refractivity contribution in [2.24, 2.45) is 5.92 Å². The van der Waals surface area contributed by atoms with E-state index in [4.69, 9.17) is 5.73 Å². The Labute approximate surface area is 143 Å². The first-order valence-corrected chi connectivity index (χ1v) is 7.81. The standard InChI is InChI=1S/C18H22N4.ClH/c1-2-15(8-13-6-4-3-5-7-13)16-9-17(16)20-10-14-11-21-18(19)22-12-14;/h3-8,11-12,16-17,20H,2,9-10H2,1H3,(H2,19,21,22);1H. The zero-order chi connectivity index (χ0) is 15.4. The average Bonchev–Trinajstić information content (AvgIpc) is 3.32. The van der Waals surface area contributed by atoms with E-state index in [1.165, 1.54) is 17.6 Å². The van der Waals surface area contributed by atoms with Gasteiger partial charge in [0.05, 0.1) is 0 Å². The fraction of sp³-hybridized carbons (Fsp3) is 0.333. The fourth-order valence-electron chi connectivity index (χ4n) is 2.77. The molecule has 1 aromatic heterocycles. The molecule has 1 aliphatic carbocycles. The summed E-state index contributed by atoms with van der Waals surface area (Å²) >= 11 is 0. The summed E-state index contributed by atoms with van der Waals surface area (Å²) < 4.78 is 0. The maximum absolute atomic E-state index is 5.50. The number of nitrogens with one attached hydrogen (secondary N) is 1. The lowest BCUT2D eigenvalue weighted by atomic mass is 10.0. The smallest absolute Gasteiger partial charge is 0.219 e. The zero-order valence-electron chi connectivity index (χ0n) is 13.3. The minimum absolute atomic E-state index is 0. The van der Waals surface area contributed by atoms with E-state index < -0.39 is 0 Å². The Kier molecular flexibility index (Phi) is 6.13. The third kappa shape index (κ3) is 4.78. The van der Waals surface area contributed by atoms with Crippen molar-refractivity contribution >= 4 is 24.4 Å². The Hall–Kier alpha value is -1.91. The van der Waals surface area contributed by atoms with Crippen LogP contribution < -0.4 is 11.1 Å². The van der Waals surface area contributed by atoms with Gasteiger partial charge in [-0.3, -0.25) is 0 Å². The Balaban J connectivity index is 0.00000192. The Morgan fingerprint density at radius 1 is 1.26 bits per heavy atom. The number of anilines is 1. The monoisotopic (exact) mass is 330 g/mol. The first-order chi connectivity index (χ1) is 10.8. The molecule has 1 aliphatic rings. The average molecular weight is 331 g/mol. The summed E-state index contributed by atoms with van der Waals surface area (Å²) in [6.07, 6.45) is 8.21. The molecule has 3 rings (SSSR count). The molecule has 3 N–H and O–H groups in total. The second-order valence-electron chi connectivity index (χ2n) is 5.76. The van der Waals surface area contributed by atoms with Crippen LogP contribution in [-0.2, 0) is 6.54 Å². The van der Waals surface area contributed by atoms with Crippen molar-refractivity contribution in [1.82, 2.24) is 15.3 Å². The van der Waals surface area contributed by atoms with Crippen LogP contribution in [-0.4, -0.2) is 16.0 Å². The molecule has 0 radical (unpaired) electrons. The van der Waals surface area contributed by atoms with Gasteiger partial charge in [-0.1, -0.05) is 48.9 Å². The third-order valence-corrected chi connectivity index (χ3v) is 4.12. The van der Waals surface area contributed by atoms with E-state index in [-0.39, 0.29) is 12.4 Å². The molecule has 0 aliphatic heterocycles. The molecule has 2 unspecified atom stereocenters. The van der Waals surface area contributed by atoms with Crippen molar-refractivity contribution in [3.63, 3.8) is 0 Å². The number of hydrogen-bond acceptors (Lipinski definition) is 4. The molecule has 1 aromatic carbocycles. The Morgan fingerprint density at radius 3 is 2.61 bits per heavy atom. The highest BCUT2D eigenvalue weighted by molar-refractivity contribution is 5.85. The number of hydrogen-bond donors (Lipinski definition) is 2. The summed E-state index contributed by atoms with van der Waals surface area (Å²) in [6.45, 7) is 3.03. The van der Waals surface area contributed by atoms with Crippen LogP contribution in [0.15, 0.2) is 48.3 Å². The van der Waals surface area contributed by atoms with Crippen LogP contribution in [0.1, 0.15) is 30.9 Å². The van der Waals surface area contributed by atoms with Gasteiger partial charge in [0.1, 0.15) is 0 Å². The summed E-state index contributed by atoms with van der Waals surface area (Å²) in [7, 11) is 0. The molecule has 0 bridgehead atoms. The maximum Gasteiger partial charge on any atom is 0.219 e. The van der Waals surface area contributed by atoms with Crippen LogP contribution in [0.3, 0.4) is 0 Å². The van der Waals surface area contributed by atoms with E-state index in [0.29, 0.717) is 17.9 Å². The SMILES string of the molecule is CCC(=Cc1ccccc1)C1CC1NCc1cnc(N)nc1.Cl. The lowest BCUT2D eigenvalue weighted by Crippen LogP contribution is -2.18. The van der Waals surface area contributed by atoms with Crippen molar-refractivity contribution in [3.8, 4) is 0 Å². The number of rotatable bonds is 6. The largest absolute Gasteiger partial charge is 0.368 e. The van der Waals surface area contributed by atoms with Gasteiger partial charge in [0.25, 0.3) is 0 Å². The highest BCUT2D eigenvalue weighted by atomic mass is 35.5. The molecule has 1 fully saturated rings. The number of halogens is 1. The molecule has 0 saturated heterocycles. The molecular formula is C18H23ClN4. The van der Waals surface area contributed by atoms with E-state index >= 15 is 0 Å². The van der Waals surface area contributed by atoms with E-state index in [0.717, 1.165) is 18.5 Å². The van der Waals surface area contributed by atoms with Crippen LogP contribution in [0, 0.1) is 5.92 Å². The molecular weight excluding hydrogens is 308 g/mol. The van der Waals surface area contributed by atoms with Crippen LogP contribution in [0.25, 0.3) is 6.08 Å². The van der Waals surface area contributed by atoms with Gasteiger partial charge in [0.2, 0.25) is 5.95 Å². The second-order valence-corrected chi connectivity index (χ2v) is 5.76. The molecule has 1 heterocycles. The third-order valence-electron chi connectivity index (χ3n) is 4.12. The van der Waals surface area contributed by atoms with E-state index in [9.17, 15) is 0 Å². The summed E-state index contributed by atoms with van der Waals surface area (Å²) in [4.78, 5) is 8.04. The summed E-state index contributed by atoms with van der Waals surface area (Å²) in [5.74, 6) is 0.979. The van der Waals surface area contributed by atoms with Gasteiger partial charge >= 0.3 is 0 Å². The topological polar surface area (TPSA) is 63.8 Å². The van der Waals surface area contributed by atoms with Crippen LogP contribution in [0.2, 0.25) is 0 Å². The van der Waals surface area contributed by atoms with E-state index in [2.05, 4.69) is 58.6 Å². The summed E-state index contributed by atoms with van der Waals surface area (Å²) in [5.41, 5.74) is 9.39. The van der Waals surface area contributed by atoms with Crippen LogP contribution in [0.4, 0.5) is 5.95 Å². The highest BCUT2D eigenvalue weighted by Gasteiger charge is 2.38. The summed E-state index contributed by atoms with van der Waals surface area (Å²) in [5, 5.41) is 3.58. The second kappa shape index (κ2) is 8.09. The molecule has 2 aromatic rings. The first-order valence-electron chi connectivity index (χ1n) is 7.81. The van der Waals surface area contributed by atoms with E-state index in [1.807, 2.05) is 0 Å². The van der Waals surface area contributed by atoms with Gasteiger partial charge in [0, 0.05) is 30.5 Å². The first kappa shape index (κ1) is 17.4. The van der Waals surface area contributed by atoms with Gasteiger partial charge in [-0.2, -0.15) is 0 Å². The molecule has 1 saturated carbocycles. The van der Waals surface area contributed by atoms with Crippen molar-refractivity contribution in [2.45, 2.75) is 32.4 Å². The van der Waals surface area contributed by atoms with Gasteiger partial charge < -0.3 is 11.1 Å². The Morgan fingerprint density at radius 2 is 1.96 bits per heavy atom. The fourth-order valence-corrected chi connectivity index (χ4v) is 2.77. The molecule has 122 valence electrons. The van der Waals surface area contributed by atoms with Crippen LogP contribution in [0.5, 0.6) is 0 Å². The number of benzene rings is 1. The van der Waals surface area contributed by atoms with Gasteiger partial charge in [-0.25, -0.2) is 9.97 Å². The van der Waals surface area contributed by atoms with Crippen LogP contribution >= 0.6 is 12.4 Å². The van der Waals surface area contributed by atoms with E-state index in [1.54, 1.807) is 12.4 Å². The lowest BCUT2D eigenvalue weighted by Gasteiger charge is -2.07. The molecule has 2 atom stereocenters. The summed E-state index contributed by atoms with van der Waals surface area (Å²) in [6, 6.07) is 11.1. The van der Waals surface area contributed by atoms with Crippen molar-refractivity contribution in [1.29, 1.82) is 0 Å². The minimum atomic E-state index is 0. The van der Waals surface area contributed by atoms with Gasteiger partial charge in [0.15, 0.2) is 0 Å². The number of nitrogens with two attached hydrogens (primary N) is 1. The minimum Gasteiger partial charge on any atom is -0.368 e. The van der Waals surface area contributed by atoms with Gasteiger partial charge in [-0.05, 0) is 24.3 Å². The Bertz CT molecular complexity index is 640. The van der Waals surface area contributed by atoms with Crippen molar-refractivity contribution in [3.05, 3.63) is 59.4 Å². The normalized spacial score (nSPS) is 20.0. The lowest BCUT2D eigenvalue weighted by molar-refractivity contribution is 0.652. The number of nitrogens with zero attached hydrogens (tertiary/aromatic N) is 2. The molecule has 0 spiro atoms. The molecule has 5 heteroatoms. The predicted molar refractivity (Wildman–Crippen MR) is 97.1 cm³/mol. The predicted octanol–water partition coefficient (Wildman–Crippen LogP) is 3.45. The highest BCUT2D eigenvalue weighted by Crippen LogP contribution is 2.39. The molecule has 4 nitrogen and oxygen atoms in total. The quantitative estimate of drug-likeness (QED) is 0.851. The molecule has 23 heavy (non-hydrogen) atoms. The number of aromatic nitrogens is 2. The zero-order valence-corrected chi connectivity index (χ0v) is 14.1. The van der Waals surface area contributed by atoms with Crippen molar-refractivity contribution in [2.75, 3.05) is 5.73 Å². The van der Waals surface area contributed by atoms with Gasteiger partial charge in [-0.15, -0.1) is 12.4 Å². The van der Waals surface area contributed by atoms with Crippen molar-refractivity contribution < 1.29 is 0 Å². The number of nitrogen functional groups attached to an aromatic ring is 1. The maximum atomic E-state index is 5.50.